The number of hydrogen-bond acceptors (Lipinski definition) is 6. The first-order valence-electron chi connectivity index (χ1n) is 9.10. The fourth-order valence-electron chi connectivity index (χ4n) is 2.72. The molecule has 1 heterocycles. The van der Waals surface area contributed by atoms with Crippen molar-refractivity contribution >= 4 is 39.3 Å². The molecule has 2 N–H and O–H groups in total. The van der Waals surface area contributed by atoms with Gasteiger partial charge in [-0.05, 0) is 41.2 Å². The van der Waals surface area contributed by atoms with Gasteiger partial charge in [-0.2, -0.15) is 13.4 Å². The standard InChI is InChI=1S/C19H26ClN5O3S/c1-11(2)14-9-13(20)10-15(12(3)4)17(14)23-19(26)24-29(27,28)16-7-8-21-18(22-16)25(5)6/h7-12H,1-6H3,(H2,23,24,26). The Morgan fingerprint density at radius 1 is 1.10 bits per heavy atom. The summed E-state index contributed by atoms with van der Waals surface area (Å²) in [6, 6.07) is 3.90. The topological polar surface area (TPSA) is 104 Å². The fraction of sp³-hybridized carbons (Fsp3) is 0.421. The Morgan fingerprint density at radius 3 is 2.14 bits per heavy atom. The lowest BCUT2D eigenvalue weighted by molar-refractivity contribution is 0.256. The maximum atomic E-state index is 12.6. The number of carbonyl (C=O) groups excluding carboxylic acids is 1. The maximum Gasteiger partial charge on any atom is 0.333 e. The van der Waals surface area contributed by atoms with E-state index in [4.69, 9.17) is 11.6 Å². The van der Waals surface area contributed by atoms with Crippen LogP contribution < -0.4 is 14.9 Å². The van der Waals surface area contributed by atoms with Crippen LogP contribution in [0.5, 0.6) is 0 Å². The number of halogens is 1. The van der Waals surface area contributed by atoms with E-state index in [0.29, 0.717) is 10.7 Å². The third-order valence-electron chi connectivity index (χ3n) is 4.17. The number of rotatable bonds is 6. The highest BCUT2D eigenvalue weighted by Crippen LogP contribution is 2.35. The average molecular weight is 440 g/mol. The van der Waals surface area contributed by atoms with Crippen molar-refractivity contribution in [1.82, 2.24) is 14.7 Å². The van der Waals surface area contributed by atoms with E-state index in [2.05, 4.69) is 15.3 Å². The molecule has 10 heteroatoms. The molecule has 0 saturated heterocycles. The van der Waals surface area contributed by atoms with Crippen LogP contribution in [0.25, 0.3) is 0 Å². The van der Waals surface area contributed by atoms with Crippen LogP contribution >= 0.6 is 11.6 Å². The molecule has 0 fully saturated rings. The van der Waals surface area contributed by atoms with Gasteiger partial charge in [0.05, 0.1) is 0 Å². The highest BCUT2D eigenvalue weighted by molar-refractivity contribution is 7.90. The highest BCUT2D eigenvalue weighted by Gasteiger charge is 2.23. The molecule has 0 radical (unpaired) electrons. The van der Waals surface area contributed by atoms with Gasteiger partial charge in [0, 0.05) is 31.0 Å². The Bertz CT molecular complexity index is 978. The molecule has 1 aromatic heterocycles. The first kappa shape index (κ1) is 22.9. The van der Waals surface area contributed by atoms with E-state index in [0.717, 1.165) is 11.1 Å². The van der Waals surface area contributed by atoms with Crippen LogP contribution in [-0.4, -0.2) is 38.5 Å². The molecule has 0 atom stereocenters. The van der Waals surface area contributed by atoms with E-state index in [1.165, 1.54) is 12.3 Å². The van der Waals surface area contributed by atoms with Crippen molar-refractivity contribution in [3.8, 4) is 0 Å². The monoisotopic (exact) mass is 439 g/mol. The highest BCUT2D eigenvalue weighted by atomic mass is 35.5. The first-order valence-corrected chi connectivity index (χ1v) is 11.0. The number of benzene rings is 1. The van der Waals surface area contributed by atoms with Gasteiger partial charge < -0.3 is 10.2 Å². The van der Waals surface area contributed by atoms with Crippen molar-refractivity contribution < 1.29 is 13.2 Å². The molecule has 2 aromatic rings. The van der Waals surface area contributed by atoms with Crippen molar-refractivity contribution in [2.75, 3.05) is 24.3 Å². The zero-order chi connectivity index (χ0) is 21.9. The second-order valence-electron chi connectivity index (χ2n) is 7.42. The molecule has 8 nitrogen and oxygen atoms in total. The van der Waals surface area contributed by atoms with E-state index in [1.807, 2.05) is 32.4 Å². The van der Waals surface area contributed by atoms with Gasteiger partial charge in [0.15, 0.2) is 5.03 Å². The van der Waals surface area contributed by atoms with E-state index in [9.17, 15) is 13.2 Å². The number of nitrogens with zero attached hydrogens (tertiary/aromatic N) is 3. The molecular weight excluding hydrogens is 414 g/mol. The number of hydrogen-bond donors (Lipinski definition) is 2. The third kappa shape index (κ3) is 5.57. The van der Waals surface area contributed by atoms with Gasteiger partial charge in [0.25, 0.3) is 10.0 Å². The van der Waals surface area contributed by atoms with E-state index < -0.39 is 16.1 Å². The SMILES string of the molecule is CC(C)c1cc(Cl)cc(C(C)C)c1NC(=O)NS(=O)(=O)c1ccnc(N(C)C)n1. The van der Waals surface area contributed by atoms with Crippen molar-refractivity contribution in [2.45, 2.75) is 44.6 Å². The molecule has 2 amide bonds. The minimum atomic E-state index is -4.18. The van der Waals surface area contributed by atoms with Gasteiger partial charge >= 0.3 is 6.03 Å². The molecule has 0 spiro atoms. The molecule has 0 unspecified atom stereocenters. The van der Waals surface area contributed by atoms with Gasteiger partial charge in [0.2, 0.25) is 5.95 Å². The number of urea groups is 1. The van der Waals surface area contributed by atoms with Gasteiger partial charge in [-0.25, -0.2) is 14.5 Å². The van der Waals surface area contributed by atoms with Crippen LogP contribution in [-0.2, 0) is 10.0 Å². The smallest absolute Gasteiger partial charge is 0.333 e. The van der Waals surface area contributed by atoms with Crippen molar-refractivity contribution in [3.05, 3.63) is 40.5 Å². The number of anilines is 2. The Morgan fingerprint density at radius 2 is 1.66 bits per heavy atom. The number of amides is 2. The van der Waals surface area contributed by atoms with Crippen molar-refractivity contribution in [1.29, 1.82) is 0 Å². The fourth-order valence-corrected chi connectivity index (χ4v) is 3.79. The predicted molar refractivity (Wildman–Crippen MR) is 115 cm³/mol. The molecule has 0 aliphatic carbocycles. The minimum absolute atomic E-state index is 0.0719. The van der Waals surface area contributed by atoms with E-state index in [1.54, 1.807) is 31.1 Å². The van der Waals surface area contributed by atoms with Crippen LogP contribution in [0.15, 0.2) is 29.4 Å². The second-order valence-corrected chi connectivity index (χ2v) is 9.48. The number of carbonyl (C=O) groups is 1. The zero-order valence-corrected chi connectivity index (χ0v) is 18.9. The van der Waals surface area contributed by atoms with Crippen LogP contribution in [0.3, 0.4) is 0 Å². The predicted octanol–water partition coefficient (Wildman–Crippen LogP) is 3.95. The summed E-state index contributed by atoms with van der Waals surface area (Å²) < 4.78 is 27.2. The van der Waals surface area contributed by atoms with Gasteiger partial charge in [0.1, 0.15) is 0 Å². The summed E-state index contributed by atoms with van der Waals surface area (Å²) in [7, 11) is -0.800. The summed E-state index contributed by atoms with van der Waals surface area (Å²) in [5.74, 6) is 0.361. The molecule has 2 rings (SSSR count). The average Bonchev–Trinajstić information content (AvgIpc) is 2.62. The van der Waals surface area contributed by atoms with Crippen LogP contribution in [0, 0.1) is 0 Å². The molecule has 1 aromatic carbocycles. The lowest BCUT2D eigenvalue weighted by atomic mass is 9.92. The Hall–Kier alpha value is -2.39. The normalized spacial score (nSPS) is 11.6. The molecule has 29 heavy (non-hydrogen) atoms. The summed E-state index contributed by atoms with van der Waals surface area (Å²) in [6.45, 7) is 7.89. The lowest BCUT2D eigenvalue weighted by Crippen LogP contribution is -2.35. The van der Waals surface area contributed by atoms with Crippen molar-refractivity contribution in [2.24, 2.45) is 0 Å². The van der Waals surface area contributed by atoms with E-state index in [-0.39, 0.29) is 22.8 Å². The van der Waals surface area contributed by atoms with Gasteiger partial charge in [-0.1, -0.05) is 39.3 Å². The van der Waals surface area contributed by atoms with Crippen molar-refractivity contribution in [3.63, 3.8) is 0 Å². The maximum absolute atomic E-state index is 12.6. The summed E-state index contributed by atoms with van der Waals surface area (Å²) in [5.41, 5.74) is 2.21. The zero-order valence-electron chi connectivity index (χ0n) is 17.3. The quantitative estimate of drug-likeness (QED) is 0.660. The molecule has 0 aliphatic rings. The first-order chi connectivity index (χ1) is 13.4. The Kier molecular flexibility index (Phi) is 7.07. The number of sulfonamides is 1. The summed E-state index contributed by atoms with van der Waals surface area (Å²) in [4.78, 5) is 22.1. The minimum Gasteiger partial charge on any atom is -0.347 e. The molecule has 158 valence electrons. The molecule has 0 aliphatic heterocycles. The number of nitrogens with one attached hydrogen (secondary N) is 2. The van der Waals surface area contributed by atoms with Crippen LogP contribution in [0.4, 0.5) is 16.4 Å². The largest absolute Gasteiger partial charge is 0.347 e. The van der Waals surface area contributed by atoms with Crippen LogP contribution in [0.2, 0.25) is 5.02 Å². The van der Waals surface area contributed by atoms with Gasteiger partial charge in [-0.15, -0.1) is 0 Å². The summed E-state index contributed by atoms with van der Waals surface area (Å²) in [6.07, 6.45) is 1.32. The summed E-state index contributed by atoms with van der Waals surface area (Å²) in [5, 5.41) is 2.96. The molecular formula is C19H26ClN5O3S. The lowest BCUT2D eigenvalue weighted by Gasteiger charge is -2.21. The van der Waals surface area contributed by atoms with E-state index >= 15 is 0 Å². The number of aromatic nitrogens is 2. The third-order valence-corrected chi connectivity index (χ3v) is 5.62. The summed E-state index contributed by atoms with van der Waals surface area (Å²) >= 11 is 6.23. The Labute approximate surface area is 176 Å². The molecule has 0 saturated carbocycles. The van der Waals surface area contributed by atoms with Crippen LogP contribution in [0.1, 0.15) is 50.7 Å². The molecule has 0 bridgehead atoms. The van der Waals surface area contributed by atoms with Gasteiger partial charge in [-0.3, -0.25) is 0 Å². The Balaban J connectivity index is 2.35. The second kappa shape index (κ2) is 8.96.